The van der Waals surface area contributed by atoms with E-state index >= 15 is 0 Å². The lowest BCUT2D eigenvalue weighted by molar-refractivity contribution is -0.116. The molecule has 0 saturated carbocycles. The molecule has 0 aliphatic rings. The number of aryl methyl sites for hydroxylation is 1. The summed E-state index contributed by atoms with van der Waals surface area (Å²) in [6, 6.07) is 12.7. The smallest absolute Gasteiger partial charge is 0.272 e. The van der Waals surface area contributed by atoms with Gasteiger partial charge in [0.25, 0.3) is 5.91 Å². The molecule has 0 saturated heterocycles. The lowest BCUT2D eigenvalue weighted by Gasteiger charge is -2.17. The number of likely N-dealkylation sites (N-methyl/N-ethyl adjacent to an activating group) is 1. The zero-order valence-electron chi connectivity index (χ0n) is 12.7. The minimum absolute atomic E-state index is 0.0204. The SMILES string of the molecule is CCc1ccccc1NC(=O)CN(C)C(=O)c1ccccn1. The van der Waals surface area contributed by atoms with Crippen LogP contribution in [-0.4, -0.2) is 35.3 Å². The third-order valence-corrected chi connectivity index (χ3v) is 3.28. The van der Waals surface area contributed by atoms with Crippen molar-refractivity contribution in [1.29, 1.82) is 0 Å². The van der Waals surface area contributed by atoms with Crippen LogP contribution in [0.25, 0.3) is 0 Å². The normalized spacial score (nSPS) is 10.1. The van der Waals surface area contributed by atoms with Gasteiger partial charge in [-0.1, -0.05) is 31.2 Å². The van der Waals surface area contributed by atoms with Crippen LogP contribution >= 0.6 is 0 Å². The largest absolute Gasteiger partial charge is 0.331 e. The number of aromatic nitrogens is 1. The van der Waals surface area contributed by atoms with Gasteiger partial charge in [-0.2, -0.15) is 0 Å². The summed E-state index contributed by atoms with van der Waals surface area (Å²) in [5.74, 6) is -0.507. The first-order valence-electron chi connectivity index (χ1n) is 7.16. The van der Waals surface area contributed by atoms with Gasteiger partial charge < -0.3 is 10.2 Å². The zero-order valence-corrected chi connectivity index (χ0v) is 12.7. The molecule has 0 unspecified atom stereocenters. The Hall–Kier alpha value is -2.69. The summed E-state index contributed by atoms with van der Waals surface area (Å²) in [6.07, 6.45) is 2.39. The Morgan fingerprint density at radius 3 is 2.55 bits per heavy atom. The van der Waals surface area contributed by atoms with E-state index in [2.05, 4.69) is 10.3 Å². The lowest BCUT2D eigenvalue weighted by atomic mass is 10.1. The number of hydrogen-bond acceptors (Lipinski definition) is 3. The summed E-state index contributed by atoms with van der Waals surface area (Å²) in [6.45, 7) is 2.01. The molecule has 5 heteroatoms. The van der Waals surface area contributed by atoms with Crippen molar-refractivity contribution in [2.45, 2.75) is 13.3 Å². The van der Waals surface area contributed by atoms with E-state index in [-0.39, 0.29) is 18.4 Å². The Kier molecular flexibility index (Phi) is 5.25. The van der Waals surface area contributed by atoms with Gasteiger partial charge in [0.1, 0.15) is 5.69 Å². The highest BCUT2D eigenvalue weighted by Crippen LogP contribution is 2.15. The quantitative estimate of drug-likeness (QED) is 0.921. The van der Waals surface area contributed by atoms with Gasteiger partial charge in [-0.05, 0) is 30.2 Å². The highest BCUT2D eigenvalue weighted by molar-refractivity contribution is 5.98. The van der Waals surface area contributed by atoms with Crippen LogP contribution in [-0.2, 0) is 11.2 Å². The van der Waals surface area contributed by atoms with Crippen molar-refractivity contribution in [3.63, 3.8) is 0 Å². The molecule has 0 fully saturated rings. The van der Waals surface area contributed by atoms with Crippen LogP contribution in [0.2, 0.25) is 0 Å². The summed E-state index contributed by atoms with van der Waals surface area (Å²) >= 11 is 0. The number of para-hydroxylation sites is 1. The third kappa shape index (κ3) is 3.91. The van der Waals surface area contributed by atoms with Crippen LogP contribution in [0.15, 0.2) is 48.7 Å². The molecule has 1 aromatic heterocycles. The Morgan fingerprint density at radius 1 is 1.14 bits per heavy atom. The molecule has 22 heavy (non-hydrogen) atoms. The number of benzene rings is 1. The lowest BCUT2D eigenvalue weighted by Crippen LogP contribution is -2.35. The molecule has 5 nitrogen and oxygen atoms in total. The molecule has 0 atom stereocenters. The van der Waals surface area contributed by atoms with Crippen molar-refractivity contribution in [3.8, 4) is 0 Å². The van der Waals surface area contributed by atoms with Gasteiger partial charge >= 0.3 is 0 Å². The third-order valence-electron chi connectivity index (χ3n) is 3.28. The summed E-state index contributed by atoms with van der Waals surface area (Å²) < 4.78 is 0. The van der Waals surface area contributed by atoms with E-state index in [0.717, 1.165) is 17.7 Å². The maximum Gasteiger partial charge on any atom is 0.272 e. The van der Waals surface area contributed by atoms with Crippen LogP contribution in [0.5, 0.6) is 0 Å². The molecule has 0 aliphatic carbocycles. The zero-order chi connectivity index (χ0) is 15.9. The van der Waals surface area contributed by atoms with Gasteiger partial charge in [-0.25, -0.2) is 0 Å². The molecule has 114 valence electrons. The molecule has 2 aromatic rings. The molecular weight excluding hydrogens is 278 g/mol. The number of hydrogen-bond donors (Lipinski definition) is 1. The van der Waals surface area contributed by atoms with Gasteiger partial charge in [-0.3, -0.25) is 14.6 Å². The number of anilines is 1. The number of pyridine rings is 1. The van der Waals surface area contributed by atoms with E-state index in [1.807, 2.05) is 31.2 Å². The fourth-order valence-electron chi connectivity index (χ4n) is 2.11. The number of nitrogens with one attached hydrogen (secondary N) is 1. The topological polar surface area (TPSA) is 62.3 Å². The van der Waals surface area contributed by atoms with E-state index in [1.54, 1.807) is 31.4 Å². The fourth-order valence-corrected chi connectivity index (χ4v) is 2.11. The Balaban J connectivity index is 1.98. The first kappa shape index (κ1) is 15.7. The Morgan fingerprint density at radius 2 is 1.86 bits per heavy atom. The van der Waals surface area contributed by atoms with E-state index < -0.39 is 0 Å². The number of nitrogens with zero attached hydrogens (tertiary/aromatic N) is 2. The molecule has 2 rings (SSSR count). The van der Waals surface area contributed by atoms with Gasteiger partial charge in [-0.15, -0.1) is 0 Å². The summed E-state index contributed by atoms with van der Waals surface area (Å²) in [4.78, 5) is 29.6. The molecule has 0 bridgehead atoms. The van der Waals surface area contributed by atoms with Crippen molar-refractivity contribution < 1.29 is 9.59 Å². The number of amides is 2. The Bertz CT molecular complexity index is 656. The van der Waals surface area contributed by atoms with E-state index in [0.29, 0.717) is 5.69 Å². The molecule has 0 spiro atoms. The molecule has 2 amide bonds. The first-order valence-corrected chi connectivity index (χ1v) is 7.16. The molecule has 1 N–H and O–H groups in total. The van der Waals surface area contributed by atoms with E-state index in [4.69, 9.17) is 0 Å². The predicted molar refractivity (Wildman–Crippen MR) is 85.6 cm³/mol. The van der Waals surface area contributed by atoms with Crippen molar-refractivity contribution in [1.82, 2.24) is 9.88 Å². The minimum Gasteiger partial charge on any atom is -0.331 e. The highest BCUT2D eigenvalue weighted by Gasteiger charge is 2.16. The number of rotatable bonds is 5. The maximum atomic E-state index is 12.1. The summed E-state index contributed by atoms with van der Waals surface area (Å²) in [5.41, 5.74) is 2.18. The molecule has 1 aromatic carbocycles. The average molecular weight is 297 g/mol. The second kappa shape index (κ2) is 7.36. The van der Waals surface area contributed by atoms with E-state index in [9.17, 15) is 9.59 Å². The second-order valence-corrected chi connectivity index (χ2v) is 4.94. The number of carbonyl (C=O) groups excluding carboxylic acids is 2. The standard InChI is InChI=1S/C17H19N3O2/c1-3-13-8-4-5-9-14(13)19-16(21)12-20(2)17(22)15-10-6-7-11-18-15/h4-11H,3,12H2,1-2H3,(H,19,21). The molecule has 1 heterocycles. The van der Waals surface area contributed by atoms with Crippen molar-refractivity contribution in [3.05, 3.63) is 59.9 Å². The summed E-state index contributed by atoms with van der Waals surface area (Å²) in [7, 11) is 1.59. The van der Waals surface area contributed by atoms with Crippen LogP contribution in [0.3, 0.4) is 0 Å². The second-order valence-electron chi connectivity index (χ2n) is 4.94. The highest BCUT2D eigenvalue weighted by atomic mass is 16.2. The maximum absolute atomic E-state index is 12.1. The van der Waals surface area contributed by atoms with Gasteiger partial charge in [0, 0.05) is 18.9 Å². The fraction of sp³-hybridized carbons (Fsp3) is 0.235. The van der Waals surface area contributed by atoms with Crippen molar-refractivity contribution >= 4 is 17.5 Å². The van der Waals surface area contributed by atoms with E-state index in [1.165, 1.54) is 4.90 Å². The van der Waals surface area contributed by atoms with Crippen molar-refractivity contribution in [2.75, 3.05) is 18.9 Å². The average Bonchev–Trinajstić information content (AvgIpc) is 2.55. The summed E-state index contributed by atoms with van der Waals surface area (Å²) in [5, 5.41) is 2.85. The van der Waals surface area contributed by atoms with Crippen LogP contribution < -0.4 is 5.32 Å². The molecule has 0 aliphatic heterocycles. The van der Waals surface area contributed by atoms with Crippen molar-refractivity contribution in [2.24, 2.45) is 0 Å². The Labute approximate surface area is 130 Å². The van der Waals surface area contributed by atoms with Gasteiger partial charge in [0.2, 0.25) is 5.91 Å². The monoisotopic (exact) mass is 297 g/mol. The molecular formula is C17H19N3O2. The van der Waals surface area contributed by atoms with Gasteiger partial charge in [0.15, 0.2) is 0 Å². The van der Waals surface area contributed by atoms with Gasteiger partial charge in [0.05, 0.1) is 6.54 Å². The minimum atomic E-state index is -0.278. The molecule has 0 radical (unpaired) electrons. The van der Waals surface area contributed by atoms with Crippen LogP contribution in [0.4, 0.5) is 5.69 Å². The van der Waals surface area contributed by atoms with Crippen LogP contribution in [0, 0.1) is 0 Å². The number of carbonyl (C=O) groups is 2. The predicted octanol–water partition coefficient (Wildman–Crippen LogP) is 2.35. The first-order chi connectivity index (χ1) is 10.6. The van der Waals surface area contributed by atoms with Crippen LogP contribution in [0.1, 0.15) is 23.0 Å².